The Labute approximate surface area is 183 Å². The quantitative estimate of drug-likeness (QED) is 0.224. The predicted octanol–water partition coefficient (Wildman–Crippen LogP) is 5.48. The fourth-order valence-corrected chi connectivity index (χ4v) is 3.52. The van der Waals surface area contributed by atoms with Crippen LogP contribution >= 0.6 is 0 Å². The highest BCUT2D eigenvalue weighted by molar-refractivity contribution is 5.97. The number of nitro benzene ring substituents is 1. The van der Waals surface area contributed by atoms with E-state index in [-0.39, 0.29) is 23.9 Å². The number of hydrogen-bond donors (Lipinski definition) is 1. The first kappa shape index (κ1) is 21.0. The lowest BCUT2D eigenvalue weighted by Gasteiger charge is -2.19. The first-order valence-electron chi connectivity index (χ1n) is 9.98. The van der Waals surface area contributed by atoms with E-state index in [1.165, 1.54) is 24.3 Å². The number of rotatable bonds is 8. The van der Waals surface area contributed by atoms with Gasteiger partial charge in [0.1, 0.15) is 11.5 Å². The molecule has 32 heavy (non-hydrogen) atoms. The zero-order valence-corrected chi connectivity index (χ0v) is 17.6. The second kappa shape index (κ2) is 8.89. The normalized spacial score (nSPS) is 11.8. The molecule has 8 nitrogen and oxygen atoms in total. The summed E-state index contributed by atoms with van der Waals surface area (Å²) in [4.78, 5) is 23.4. The number of nitrogens with zero attached hydrogens (tertiary/aromatic N) is 2. The number of Topliss-reactive ketones (excluding diaryl/α,β-unsaturated/α-hetero) is 1. The number of carbonyl (C=O) groups excluding carboxylic acids is 1. The number of benzene rings is 3. The molecule has 3 aromatic carbocycles. The fourth-order valence-electron chi connectivity index (χ4n) is 3.52. The van der Waals surface area contributed by atoms with E-state index in [1.807, 2.05) is 36.4 Å². The van der Waals surface area contributed by atoms with Crippen LogP contribution in [0.4, 0.5) is 11.5 Å². The van der Waals surface area contributed by atoms with Crippen molar-refractivity contribution in [2.45, 2.75) is 19.4 Å². The Morgan fingerprint density at radius 2 is 1.81 bits per heavy atom. The summed E-state index contributed by atoms with van der Waals surface area (Å²) in [6.07, 6.45) is 0.130. The van der Waals surface area contributed by atoms with Gasteiger partial charge in [-0.05, 0) is 53.6 Å². The minimum absolute atomic E-state index is 0.0562. The van der Waals surface area contributed by atoms with Crippen molar-refractivity contribution in [1.82, 2.24) is 5.16 Å². The Balaban J connectivity index is 1.64. The van der Waals surface area contributed by atoms with E-state index in [2.05, 4.69) is 10.5 Å². The summed E-state index contributed by atoms with van der Waals surface area (Å²) in [5.41, 5.74) is 1.25. The SMILES string of the molecule is COc1ccc2cc(C(CC(=O)c3ccc([N+](=O)[O-])cc3)Nc3cc(C)on3)ccc2c1. The molecule has 1 atom stereocenters. The number of fused-ring (bicyclic) bond motifs is 1. The van der Waals surface area contributed by atoms with Crippen molar-refractivity contribution in [1.29, 1.82) is 0 Å². The summed E-state index contributed by atoms with van der Waals surface area (Å²) < 4.78 is 10.4. The molecule has 8 heteroatoms. The van der Waals surface area contributed by atoms with Gasteiger partial charge < -0.3 is 14.6 Å². The van der Waals surface area contributed by atoms with Gasteiger partial charge in [0.05, 0.1) is 18.1 Å². The van der Waals surface area contributed by atoms with Crippen molar-refractivity contribution in [3.05, 3.63) is 93.7 Å². The van der Waals surface area contributed by atoms with Crippen molar-refractivity contribution >= 4 is 28.1 Å². The first-order valence-corrected chi connectivity index (χ1v) is 9.98. The third-order valence-electron chi connectivity index (χ3n) is 5.21. The summed E-state index contributed by atoms with van der Waals surface area (Å²) >= 11 is 0. The molecular formula is C24H21N3O5. The van der Waals surface area contributed by atoms with Gasteiger partial charge in [-0.2, -0.15) is 0 Å². The summed E-state index contributed by atoms with van der Waals surface area (Å²) in [6.45, 7) is 1.79. The van der Waals surface area contributed by atoms with Crippen LogP contribution in [0, 0.1) is 17.0 Å². The molecule has 0 radical (unpaired) electrons. The molecule has 0 spiro atoms. The predicted molar refractivity (Wildman–Crippen MR) is 120 cm³/mol. The summed E-state index contributed by atoms with van der Waals surface area (Å²) in [5, 5.41) is 20.2. The second-order valence-corrected chi connectivity index (χ2v) is 7.42. The van der Waals surface area contributed by atoms with Gasteiger partial charge in [-0.25, -0.2) is 0 Å². The standard InChI is InChI=1S/C24H21N3O5/c1-15-11-24(26-32-15)25-22(14-23(28)16-5-8-20(9-6-16)27(29)30)19-4-3-18-13-21(31-2)10-7-17(18)12-19/h3-13,22H,14H2,1-2H3,(H,25,26). The highest BCUT2D eigenvalue weighted by Crippen LogP contribution is 2.29. The van der Waals surface area contributed by atoms with Gasteiger partial charge >= 0.3 is 0 Å². The molecule has 1 N–H and O–H groups in total. The molecule has 0 aliphatic rings. The van der Waals surface area contributed by atoms with Crippen LogP contribution in [0.15, 0.2) is 71.3 Å². The maximum atomic E-state index is 13.0. The van der Waals surface area contributed by atoms with Crippen LogP contribution < -0.4 is 10.1 Å². The lowest BCUT2D eigenvalue weighted by atomic mass is 9.95. The van der Waals surface area contributed by atoms with Crippen LogP contribution in [-0.2, 0) is 0 Å². The molecule has 1 heterocycles. The molecule has 1 aromatic heterocycles. The van der Waals surface area contributed by atoms with E-state index in [1.54, 1.807) is 20.1 Å². The summed E-state index contributed by atoms with van der Waals surface area (Å²) in [6, 6.07) is 18.7. The van der Waals surface area contributed by atoms with Crippen LogP contribution in [0.3, 0.4) is 0 Å². The molecule has 0 bridgehead atoms. The molecule has 4 rings (SSSR count). The van der Waals surface area contributed by atoms with Crippen molar-refractivity contribution in [2.75, 3.05) is 12.4 Å². The molecule has 0 saturated heterocycles. The number of aryl methyl sites for hydroxylation is 1. The van der Waals surface area contributed by atoms with Gasteiger partial charge in [0.15, 0.2) is 11.6 Å². The first-order chi connectivity index (χ1) is 15.4. The Morgan fingerprint density at radius 1 is 1.09 bits per heavy atom. The van der Waals surface area contributed by atoms with Crippen molar-refractivity contribution in [2.24, 2.45) is 0 Å². The minimum atomic E-state index is -0.490. The van der Waals surface area contributed by atoms with E-state index in [0.717, 1.165) is 22.1 Å². The van der Waals surface area contributed by atoms with Gasteiger partial charge in [0.25, 0.3) is 5.69 Å². The van der Waals surface area contributed by atoms with Crippen LogP contribution in [0.25, 0.3) is 10.8 Å². The van der Waals surface area contributed by atoms with E-state index in [0.29, 0.717) is 17.1 Å². The van der Waals surface area contributed by atoms with Crippen molar-refractivity contribution in [3.63, 3.8) is 0 Å². The van der Waals surface area contributed by atoms with E-state index in [4.69, 9.17) is 9.26 Å². The van der Waals surface area contributed by atoms with Gasteiger partial charge in [0.2, 0.25) is 0 Å². The number of methoxy groups -OCH3 is 1. The number of ketones is 1. The topological polar surface area (TPSA) is 108 Å². The Bertz CT molecular complexity index is 1280. The highest BCUT2D eigenvalue weighted by atomic mass is 16.6. The molecule has 1 unspecified atom stereocenters. The van der Waals surface area contributed by atoms with E-state index < -0.39 is 4.92 Å². The smallest absolute Gasteiger partial charge is 0.269 e. The van der Waals surface area contributed by atoms with Crippen molar-refractivity contribution < 1.29 is 19.0 Å². The molecule has 0 amide bonds. The fraction of sp³-hybridized carbons (Fsp3) is 0.167. The maximum Gasteiger partial charge on any atom is 0.269 e. The molecule has 0 aliphatic heterocycles. The molecular weight excluding hydrogens is 410 g/mol. The lowest BCUT2D eigenvalue weighted by Crippen LogP contribution is -2.16. The highest BCUT2D eigenvalue weighted by Gasteiger charge is 2.20. The number of anilines is 1. The van der Waals surface area contributed by atoms with E-state index >= 15 is 0 Å². The zero-order chi connectivity index (χ0) is 22.7. The number of aromatic nitrogens is 1. The summed E-state index contributed by atoms with van der Waals surface area (Å²) in [7, 11) is 1.62. The van der Waals surface area contributed by atoms with E-state index in [9.17, 15) is 14.9 Å². The minimum Gasteiger partial charge on any atom is -0.497 e. The van der Waals surface area contributed by atoms with Crippen molar-refractivity contribution in [3.8, 4) is 5.75 Å². The Hall–Kier alpha value is -4.20. The van der Waals surface area contributed by atoms with Gasteiger partial charge in [-0.1, -0.05) is 23.4 Å². The van der Waals surface area contributed by atoms with Gasteiger partial charge in [-0.3, -0.25) is 14.9 Å². The average molecular weight is 431 g/mol. The summed E-state index contributed by atoms with van der Waals surface area (Å²) in [5.74, 6) is 1.80. The number of nitrogens with one attached hydrogen (secondary N) is 1. The van der Waals surface area contributed by atoms with Crippen LogP contribution in [0.1, 0.15) is 34.1 Å². The number of carbonyl (C=O) groups is 1. The molecule has 162 valence electrons. The largest absolute Gasteiger partial charge is 0.497 e. The lowest BCUT2D eigenvalue weighted by molar-refractivity contribution is -0.384. The third-order valence-corrected chi connectivity index (χ3v) is 5.21. The number of nitro groups is 1. The Kier molecular flexibility index (Phi) is 5.85. The number of ether oxygens (including phenoxy) is 1. The second-order valence-electron chi connectivity index (χ2n) is 7.42. The molecule has 0 saturated carbocycles. The zero-order valence-electron chi connectivity index (χ0n) is 17.6. The molecule has 4 aromatic rings. The number of non-ortho nitro benzene ring substituents is 1. The van der Waals surface area contributed by atoms with Gasteiger partial charge in [-0.15, -0.1) is 0 Å². The molecule has 0 aliphatic carbocycles. The van der Waals surface area contributed by atoms with Crippen LogP contribution in [-0.4, -0.2) is 23.0 Å². The third kappa shape index (κ3) is 4.59. The molecule has 0 fully saturated rings. The van der Waals surface area contributed by atoms with Crippen LogP contribution in [0.5, 0.6) is 5.75 Å². The monoisotopic (exact) mass is 431 g/mol. The van der Waals surface area contributed by atoms with Gasteiger partial charge in [0, 0.05) is 30.2 Å². The maximum absolute atomic E-state index is 13.0. The number of hydrogen-bond acceptors (Lipinski definition) is 7. The average Bonchev–Trinajstić information content (AvgIpc) is 3.22. The Morgan fingerprint density at radius 3 is 2.47 bits per heavy atom. The van der Waals surface area contributed by atoms with Crippen LogP contribution in [0.2, 0.25) is 0 Å².